The lowest BCUT2D eigenvalue weighted by atomic mass is 10.2. The second-order valence-electron chi connectivity index (χ2n) is 5.79. The van der Waals surface area contributed by atoms with Gasteiger partial charge in [-0.1, -0.05) is 36.1 Å². The molecule has 2 aromatic carbocycles. The number of nitrogens with one attached hydrogen (secondary N) is 1. The molecule has 1 N–H and O–H groups in total. The fraction of sp³-hybridized carbons (Fsp3) is 0.190. The van der Waals surface area contributed by atoms with Gasteiger partial charge in [0.05, 0.1) is 36.4 Å². The zero-order valence-corrected chi connectivity index (χ0v) is 14.9. The lowest BCUT2D eigenvalue weighted by Crippen LogP contribution is -2.27. The van der Waals surface area contributed by atoms with Crippen molar-refractivity contribution in [2.24, 2.45) is 0 Å². The maximum Gasteiger partial charge on any atom is 0.261 e. The molecule has 27 heavy (non-hydrogen) atoms. The van der Waals surface area contributed by atoms with E-state index in [0.29, 0.717) is 16.7 Å². The molecule has 0 unspecified atom stereocenters. The first kappa shape index (κ1) is 18.2. The van der Waals surface area contributed by atoms with Gasteiger partial charge < -0.3 is 10.1 Å². The Morgan fingerprint density at radius 2 is 1.96 bits per heavy atom. The van der Waals surface area contributed by atoms with E-state index in [-0.39, 0.29) is 31.0 Å². The van der Waals surface area contributed by atoms with E-state index in [0.717, 1.165) is 5.56 Å². The molecular weight excluding hydrogens is 342 g/mol. The summed E-state index contributed by atoms with van der Waals surface area (Å²) in [5.74, 6) is 6.38. The first-order valence-corrected chi connectivity index (χ1v) is 8.52. The molecule has 0 saturated heterocycles. The van der Waals surface area contributed by atoms with E-state index in [1.807, 2.05) is 30.3 Å². The predicted octanol–water partition coefficient (Wildman–Crippen LogP) is 1.96. The van der Waals surface area contributed by atoms with Gasteiger partial charge in [-0.2, -0.15) is 0 Å². The van der Waals surface area contributed by atoms with Crippen LogP contribution in [0, 0.1) is 11.8 Å². The molecule has 3 aromatic rings. The van der Waals surface area contributed by atoms with Gasteiger partial charge in [0, 0.05) is 13.0 Å². The third-order valence-electron chi connectivity index (χ3n) is 4.02. The van der Waals surface area contributed by atoms with Gasteiger partial charge in [-0.05, 0) is 24.3 Å². The topological polar surface area (TPSA) is 73.2 Å². The van der Waals surface area contributed by atoms with E-state index < -0.39 is 0 Å². The van der Waals surface area contributed by atoms with Gasteiger partial charge in [0.2, 0.25) is 5.91 Å². The SMILES string of the molecule is COc1ccccc1C#CCNC(=O)CCn1cnc2ccccc2c1=O. The Morgan fingerprint density at radius 3 is 2.81 bits per heavy atom. The van der Waals surface area contributed by atoms with Crippen LogP contribution in [0.1, 0.15) is 12.0 Å². The second-order valence-corrected chi connectivity index (χ2v) is 5.79. The number of hydrogen-bond donors (Lipinski definition) is 1. The molecule has 1 aromatic heterocycles. The van der Waals surface area contributed by atoms with Gasteiger partial charge >= 0.3 is 0 Å². The Kier molecular flexibility index (Phi) is 5.85. The molecule has 0 bridgehead atoms. The first-order chi connectivity index (χ1) is 13.2. The van der Waals surface area contributed by atoms with Crippen molar-refractivity contribution < 1.29 is 9.53 Å². The van der Waals surface area contributed by atoms with E-state index in [9.17, 15) is 9.59 Å². The number of aryl methyl sites for hydroxylation is 1. The fourth-order valence-corrected chi connectivity index (χ4v) is 2.61. The molecule has 136 valence electrons. The van der Waals surface area contributed by atoms with E-state index in [2.05, 4.69) is 22.1 Å². The van der Waals surface area contributed by atoms with Crippen molar-refractivity contribution in [1.29, 1.82) is 0 Å². The molecule has 0 aliphatic rings. The Balaban J connectivity index is 1.54. The van der Waals surface area contributed by atoms with Crippen LogP contribution in [-0.2, 0) is 11.3 Å². The van der Waals surface area contributed by atoms with Gasteiger partial charge in [-0.3, -0.25) is 14.2 Å². The van der Waals surface area contributed by atoms with E-state index in [4.69, 9.17) is 4.74 Å². The molecular formula is C21H19N3O3. The van der Waals surface area contributed by atoms with Crippen LogP contribution < -0.4 is 15.6 Å². The molecule has 0 aliphatic carbocycles. The lowest BCUT2D eigenvalue weighted by molar-refractivity contribution is -0.121. The van der Waals surface area contributed by atoms with Crippen molar-refractivity contribution >= 4 is 16.8 Å². The maximum absolute atomic E-state index is 12.4. The lowest BCUT2D eigenvalue weighted by Gasteiger charge is -2.06. The van der Waals surface area contributed by atoms with Crippen LogP contribution in [0.15, 0.2) is 59.7 Å². The van der Waals surface area contributed by atoms with E-state index in [1.54, 1.807) is 25.3 Å². The largest absolute Gasteiger partial charge is 0.495 e. The van der Waals surface area contributed by atoms with Crippen LogP contribution in [0.5, 0.6) is 5.75 Å². The minimum absolute atomic E-state index is 0.149. The van der Waals surface area contributed by atoms with Gasteiger partial charge in [-0.25, -0.2) is 4.98 Å². The first-order valence-electron chi connectivity index (χ1n) is 8.52. The number of para-hydroxylation sites is 2. The number of methoxy groups -OCH3 is 1. The molecule has 6 heteroatoms. The molecule has 1 amide bonds. The number of rotatable bonds is 5. The summed E-state index contributed by atoms with van der Waals surface area (Å²) in [4.78, 5) is 28.6. The highest BCUT2D eigenvalue weighted by Crippen LogP contribution is 2.15. The molecule has 6 nitrogen and oxygen atoms in total. The maximum atomic E-state index is 12.4. The van der Waals surface area contributed by atoms with Crippen molar-refractivity contribution in [2.75, 3.05) is 13.7 Å². The number of amides is 1. The van der Waals surface area contributed by atoms with Crippen LogP contribution in [0.25, 0.3) is 10.9 Å². The molecule has 0 fully saturated rings. The molecule has 0 saturated carbocycles. The molecule has 0 spiro atoms. The fourth-order valence-electron chi connectivity index (χ4n) is 2.61. The third kappa shape index (κ3) is 4.53. The Morgan fingerprint density at radius 1 is 1.19 bits per heavy atom. The van der Waals surface area contributed by atoms with Crippen LogP contribution in [0.3, 0.4) is 0 Å². The Labute approximate surface area is 156 Å². The number of carbonyl (C=O) groups excluding carboxylic acids is 1. The standard InChI is InChI=1S/C21H19N3O3/c1-27-19-11-5-2-7-16(19)8-6-13-22-20(25)12-14-24-15-23-18-10-4-3-9-17(18)21(24)26/h2-5,7,9-11,15H,12-14H2,1H3,(H,22,25). The van der Waals surface area contributed by atoms with Crippen molar-refractivity contribution in [3.63, 3.8) is 0 Å². The smallest absolute Gasteiger partial charge is 0.261 e. The third-order valence-corrected chi connectivity index (χ3v) is 4.02. The number of hydrogen-bond acceptors (Lipinski definition) is 4. The van der Waals surface area contributed by atoms with Crippen LogP contribution >= 0.6 is 0 Å². The van der Waals surface area contributed by atoms with Gasteiger partial charge in [0.15, 0.2) is 0 Å². The summed E-state index contributed by atoms with van der Waals surface area (Å²) < 4.78 is 6.67. The average molecular weight is 361 g/mol. The van der Waals surface area contributed by atoms with Gasteiger partial charge in [0.1, 0.15) is 5.75 Å². The molecule has 0 aliphatic heterocycles. The van der Waals surface area contributed by atoms with Crippen molar-refractivity contribution in [1.82, 2.24) is 14.9 Å². The van der Waals surface area contributed by atoms with Gasteiger partial charge in [0.25, 0.3) is 5.56 Å². The summed E-state index contributed by atoms with van der Waals surface area (Å²) in [6.07, 6.45) is 1.65. The Hall–Kier alpha value is -3.59. The summed E-state index contributed by atoms with van der Waals surface area (Å²) >= 11 is 0. The monoisotopic (exact) mass is 361 g/mol. The number of nitrogens with zero attached hydrogens (tertiary/aromatic N) is 2. The number of carbonyl (C=O) groups is 1. The minimum Gasteiger partial charge on any atom is -0.495 e. The number of ether oxygens (including phenoxy) is 1. The second kappa shape index (κ2) is 8.68. The summed E-state index contributed by atoms with van der Waals surface area (Å²) in [5, 5.41) is 3.27. The normalized spacial score (nSPS) is 10.1. The van der Waals surface area contributed by atoms with Crippen molar-refractivity contribution in [2.45, 2.75) is 13.0 Å². The predicted molar refractivity (Wildman–Crippen MR) is 104 cm³/mol. The molecule has 3 rings (SSSR count). The number of fused-ring (bicyclic) bond motifs is 1. The molecule has 1 heterocycles. The average Bonchev–Trinajstić information content (AvgIpc) is 2.71. The minimum atomic E-state index is -0.176. The highest BCUT2D eigenvalue weighted by atomic mass is 16.5. The summed E-state index contributed by atoms with van der Waals surface area (Å²) in [7, 11) is 1.59. The number of aromatic nitrogens is 2. The van der Waals surface area contributed by atoms with Crippen LogP contribution in [0.4, 0.5) is 0 Å². The highest BCUT2D eigenvalue weighted by molar-refractivity contribution is 5.77. The Bertz CT molecular complexity index is 1080. The zero-order valence-electron chi connectivity index (χ0n) is 14.9. The molecule has 0 atom stereocenters. The van der Waals surface area contributed by atoms with Crippen LogP contribution in [-0.4, -0.2) is 29.1 Å². The number of benzene rings is 2. The van der Waals surface area contributed by atoms with E-state index in [1.165, 1.54) is 10.9 Å². The zero-order chi connectivity index (χ0) is 19.1. The highest BCUT2D eigenvalue weighted by Gasteiger charge is 2.05. The summed E-state index contributed by atoms with van der Waals surface area (Å²) in [6, 6.07) is 14.6. The molecule has 0 radical (unpaired) electrons. The summed E-state index contributed by atoms with van der Waals surface area (Å²) in [5.41, 5.74) is 1.27. The summed E-state index contributed by atoms with van der Waals surface area (Å²) in [6.45, 7) is 0.490. The van der Waals surface area contributed by atoms with Crippen molar-refractivity contribution in [3.8, 4) is 17.6 Å². The van der Waals surface area contributed by atoms with E-state index >= 15 is 0 Å². The van der Waals surface area contributed by atoms with Crippen molar-refractivity contribution in [3.05, 3.63) is 70.8 Å². The quantitative estimate of drug-likeness (QED) is 0.705. The van der Waals surface area contributed by atoms with Crippen LogP contribution in [0.2, 0.25) is 0 Å². The van der Waals surface area contributed by atoms with Gasteiger partial charge in [-0.15, -0.1) is 0 Å².